The second-order valence-electron chi connectivity index (χ2n) is 6.18. The zero-order chi connectivity index (χ0) is 15.0. The van der Waals surface area contributed by atoms with Crippen LogP contribution in [0.3, 0.4) is 0 Å². The molecule has 0 aromatic heterocycles. The molecule has 3 heteroatoms. The summed E-state index contributed by atoms with van der Waals surface area (Å²) in [6, 6.07) is 13.0. The van der Waals surface area contributed by atoms with Crippen molar-refractivity contribution >= 4 is 0 Å². The van der Waals surface area contributed by atoms with Gasteiger partial charge in [0, 0.05) is 6.42 Å². The van der Waals surface area contributed by atoms with E-state index in [4.69, 9.17) is 4.74 Å². The smallest absolute Gasteiger partial charge is 0.123 e. The molecule has 2 aromatic carbocycles. The molecule has 0 radical (unpaired) electrons. The van der Waals surface area contributed by atoms with Gasteiger partial charge < -0.3 is 10.1 Å². The molecule has 2 aromatic rings. The third kappa shape index (κ3) is 2.79. The molecule has 0 amide bonds. The third-order valence-corrected chi connectivity index (χ3v) is 3.91. The van der Waals surface area contributed by atoms with Crippen LogP contribution in [-0.2, 0) is 6.42 Å². The summed E-state index contributed by atoms with van der Waals surface area (Å²) < 4.78 is 19.0. The molecule has 21 heavy (non-hydrogen) atoms. The molecule has 110 valence electrons. The molecule has 0 fully saturated rings. The molecule has 3 rings (SSSR count). The van der Waals surface area contributed by atoms with Gasteiger partial charge in [-0.1, -0.05) is 24.3 Å². The summed E-state index contributed by atoms with van der Waals surface area (Å²) in [7, 11) is 1.92. The van der Waals surface area contributed by atoms with Gasteiger partial charge in [0.15, 0.2) is 0 Å². The van der Waals surface area contributed by atoms with Crippen molar-refractivity contribution < 1.29 is 9.13 Å². The Labute approximate surface area is 125 Å². The Hall–Kier alpha value is -1.87. The number of halogens is 1. The summed E-state index contributed by atoms with van der Waals surface area (Å²) in [6.07, 6.45) is 0.913. The van der Waals surface area contributed by atoms with E-state index < -0.39 is 0 Å². The SMILES string of the molecule is CNC(c1ccc(F)cc1)c1ccc2c(c1)CC(C)(C)O2. The van der Waals surface area contributed by atoms with E-state index in [1.807, 2.05) is 25.2 Å². The Morgan fingerprint density at radius 2 is 1.76 bits per heavy atom. The molecule has 0 spiro atoms. The quantitative estimate of drug-likeness (QED) is 0.925. The van der Waals surface area contributed by atoms with Crippen LogP contribution in [0.25, 0.3) is 0 Å². The van der Waals surface area contributed by atoms with Gasteiger partial charge in [0.1, 0.15) is 17.2 Å². The molecule has 0 saturated carbocycles. The molecule has 1 aliphatic rings. The van der Waals surface area contributed by atoms with E-state index in [1.165, 1.54) is 23.3 Å². The van der Waals surface area contributed by atoms with Crippen LogP contribution in [0.5, 0.6) is 5.75 Å². The fourth-order valence-corrected chi connectivity index (χ4v) is 2.99. The molecule has 0 aliphatic carbocycles. The summed E-state index contributed by atoms with van der Waals surface area (Å²) in [4.78, 5) is 0. The zero-order valence-corrected chi connectivity index (χ0v) is 12.6. The average Bonchev–Trinajstić information content (AvgIpc) is 2.75. The normalized spacial score (nSPS) is 17.1. The summed E-state index contributed by atoms with van der Waals surface area (Å²) in [5.41, 5.74) is 3.33. The number of nitrogens with one attached hydrogen (secondary N) is 1. The van der Waals surface area contributed by atoms with Crippen molar-refractivity contribution in [2.45, 2.75) is 31.9 Å². The lowest BCUT2D eigenvalue weighted by Gasteiger charge is -2.18. The van der Waals surface area contributed by atoms with Crippen molar-refractivity contribution in [2.75, 3.05) is 7.05 Å². The zero-order valence-electron chi connectivity index (χ0n) is 12.6. The highest BCUT2D eigenvalue weighted by atomic mass is 19.1. The largest absolute Gasteiger partial charge is 0.487 e. The Kier molecular flexibility index (Phi) is 3.46. The van der Waals surface area contributed by atoms with Crippen molar-refractivity contribution in [1.82, 2.24) is 5.32 Å². The molecule has 1 aliphatic heterocycles. The molecule has 1 atom stereocenters. The first-order chi connectivity index (χ1) is 9.98. The van der Waals surface area contributed by atoms with Crippen LogP contribution in [0.15, 0.2) is 42.5 Å². The standard InChI is InChI=1S/C18H20FNO/c1-18(2)11-14-10-13(6-9-16(14)21-18)17(20-3)12-4-7-15(19)8-5-12/h4-10,17,20H,11H2,1-3H3. The number of benzene rings is 2. The van der Waals surface area contributed by atoms with E-state index in [9.17, 15) is 4.39 Å². The van der Waals surface area contributed by atoms with Gasteiger partial charge in [-0.2, -0.15) is 0 Å². The first-order valence-corrected chi connectivity index (χ1v) is 7.23. The van der Waals surface area contributed by atoms with Crippen molar-refractivity contribution in [1.29, 1.82) is 0 Å². The lowest BCUT2D eigenvalue weighted by molar-refractivity contribution is 0.138. The predicted octanol–water partition coefficient (Wildman–Crippen LogP) is 3.85. The summed E-state index contributed by atoms with van der Waals surface area (Å²) in [5, 5.41) is 3.30. The monoisotopic (exact) mass is 285 g/mol. The minimum absolute atomic E-state index is 0.0552. The van der Waals surface area contributed by atoms with Crippen LogP contribution < -0.4 is 10.1 Å². The first-order valence-electron chi connectivity index (χ1n) is 7.23. The maximum absolute atomic E-state index is 13.1. The highest BCUT2D eigenvalue weighted by molar-refractivity contribution is 5.44. The van der Waals surface area contributed by atoms with Gasteiger partial charge in [-0.15, -0.1) is 0 Å². The van der Waals surface area contributed by atoms with Crippen LogP contribution in [-0.4, -0.2) is 12.6 Å². The topological polar surface area (TPSA) is 21.3 Å². The van der Waals surface area contributed by atoms with Crippen LogP contribution in [0.2, 0.25) is 0 Å². The van der Waals surface area contributed by atoms with Crippen molar-refractivity contribution in [3.8, 4) is 5.75 Å². The van der Waals surface area contributed by atoms with Crippen molar-refractivity contribution in [3.05, 3.63) is 65.0 Å². The summed E-state index contributed by atoms with van der Waals surface area (Å²) in [5.74, 6) is 0.760. The van der Waals surface area contributed by atoms with Gasteiger partial charge in [0.05, 0.1) is 6.04 Å². The Morgan fingerprint density at radius 3 is 2.43 bits per heavy atom. The Balaban J connectivity index is 1.94. The van der Waals surface area contributed by atoms with Crippen LogP contribution in [0.1, 0.15) is 36.6 Å². The van der Waals surface area contributed by atoms with E-state index in [0.717, 1.165) is 17.7 Å². The second-order valence-corrected chi connectivity index (χ2v) is 6.18. The first kappa shape index (κ1) is 14.1. The lowest BCUT2D eigenvalue weighted by atomic mass is 9.94. The van der Waals surface area contributed by atoms with Gasteiger partial charge in [0.2, 0.25) is 0 Å². The summed E-state index contributed by atoms with van der Waals surface area (Å²) >= 11 is 0. The third-order valence-electron chi connectivity index (χ3n) is 3.91. The van der Waals surface area contributed by atoms with Crippen LogP contribution >= 0.6 is 0 Å². The maximum Gasteiger partial charge on any atom is 0.123 e. The fraction of sp³-hybridized carbons (Fsp3) is 0.333. The van der Waals surface area contributed by atoms with E-state index in [0.29, 0.717) is 0 Å². The lowest BCUT2D eigenvalue weighted by Crippen LogP contribution is -2.24. The molecular formula is C18H20FNO. The summed E-state index contributed by atoms with van der Waals surface area (Å²) in [6.45, 7) is 4.20. The minimum atomic E-state index is -0.210. The molecular weight excluding hydrogens is 265 g/mol. The van der Waals surface area contributed by atoms with Gasteiger partial charge in [0.25, 0.3) is 0 Å². The molecule has 0 saturated heterocycles. The van der Waals surface area contributed by atoms with E-state index in [1.54, 1.807) is 0 Å². The van der Waals surface area contributed by atoms with Crippen LogP contribution in [0.4, 0.5) is 4.39 Å². The molecule has 2 nitrogen and oxygen atoms in total. The van der Waals surface area contributed by atoms with Gasteiger partial charge >= 0.3 is 0 Å². The fourth-order valence-electron chi connectivity index (χ4n) is 2.99. The number of hydrogen-bond donors (Lipinski definition) is 1. The van der Waals surface area contributed by atoms with E-state index in [-0.39, 0.29) is 17.5 Å². The van der Waals surface area contributed by atoms with Gasteiger partial charge in [-0.05, 0) is 55.8 Å². The second kappa shape index (κ2) is 5.15. The number of rotatable bonds is 3. The highest BCUT2D eigenvalue weighted by Crippen LogP contribution is 2.37. The maximum atomic E-state index is 13.1. The van der Waals surface area contributed by atoms with E-state index >= 15 is 0 Å². The van der Waals surface area contributed by atoms with Crippen molar-refractivity contribution in [2.24, 2.45) is 0 Å². The molecule has 0 bridgehead atoms. The number of hydrogen-bond acceptors (Lipinski definition) is 2. The Morgan fingerprint density at radius 1 is 1.10 bits per heavy atom. The molecule has 1 N–H and O–H groups in total. The average molecular weight is 285 g/mol. The number of ether oxygens (including phenoxy) is 1. The van der Waals surface area contributed by atoms with Crippen molar-refractivity contribution in [3.63, 3.8) is 0 Å². The van der Waals surface area contributed by atoms with Gasteiger partial charge in [-0.3, -0.25) is 0 Å². The number of fused-ring (bicyclic) bond motifs is 1. The molecule has 1 heterocycles. The van der Waals surface area contributed by atoms with Crippen LogP contribution in [0, 0.1) is 5.82 Å². The van der Waals surface area contributed by atoms with E-state index in [2.05, 4.69) is 31.3 Å². The predicted molar refractivity (Wildman–Crippen MR) is 82.2 cm³/mol. The Bertz CT molecular complexity index is 649. The molecule has 1 unspecified atom stereocenters. The highest BCUT2D eigenvalue weighted by Gasteiger charge is 2.30. The minimum Gasteiger partial charge on any atom is -0.487 e. The van der Waals surface area contributed by atoms with Gasteiger partial charge in [-0.25, -0.2) is 4.39 Å².